The van der Waals surface area contributed by atoms with Crippen LogP contribution in [-0.2, 0) is 4.74 Å². The fourth-order valence-electron chi connectivity index (χ4n) is 2.27. The molecule has 1 saturated heterocycles. The van der Waals surface area contributed by atoms with Crippen molar-refractivity contribution in [1.82, 2.24) is 0 Å². The molecule has 2 rings (SSSR count). The molecule has 2 unspecified atom stereocenters. The van der Waals surface area contributed by atoms with Crippen LogP contribution < -0.4 is 0 Å². The van der Waals surface area contributed by atoms with Crippen LogP contribution in [0, 0.1) is 0 Å². The number of ether oxygens (including phenoxy) is 1. The van der Waals surface area contributed by atoms with Gasteiger partial charge in [0.15, 0.2) is 0 Å². The van der Waals surface area contributed by atoms with Crippen molar-refractivity contribution in [3.63, 3.8) is 0 Å². The van der Waals surface area contributed by atoms with Crippen molar-refractivity contribution in [3.8, 4) is 0 Å². The van der Waals surface area contributed by atoms with Gasteiger partial charge in [-0.15, -0.1) is 0 Å². The van der Waals surface area contributed by atoms with E-state index in [1.54, 1.807) is 0 Å². The zero-order chi connectivity index (χ0) is 7.73. The van der Waals surface area contributed by atoms with Crippen molar-refractivity contribution in [1.29, 1.82) is 0 Å². The van der Waals surface area contributed by atoms with Gasteiger partial charge < -0.3 is 9.84 Å². The Balaban J connectivity index is 1.82. The van der Waals surface area contributed by atoms with E-state index in [9.17, 15) is 0 Å². The van der Waals surface area contributed by atoms with Gasteiger partial charge in [-0.3, -0.25) is 0 Å². The molecule has 1 aliphatic carbocycles. The van der Waals surface area contributed by atoms with Crippen LogP contribution in [0.3, 0.4) is 0 Å². The number of aliphatic hydroxyl groups is 1. The number of hydrogen-bond acceptors (Lipinski definition) is 2. The second kappa shape index (κ2) is 2.76. The lowest BCUT2D eigenvalue weighted by molar-refractivity contribution is 0.229. The van der Waals surface area contributed by atoms with Gasteiger partial charge in [0.25, 0.3) is 0 Å². The smallest absolute Gasteiger partial charge is 0.0949 e. The van der Waals surface area contributed by atoms with Gasteiger partial charge in [-0.1, -0.05) is 12.8 Å². The van der Waals surface area contributed by atoms with Gasteiger partial charge in [0.1, 0.15) is 0 Å². The SMILES string of the molecule is OCCCC12CCCCC1O2. The van der Waals surface area contributed by atoms with Gasteiger partial charge >= 0.3 is 0 Å². The first-order chi connectivity index (χ1) is 5.37. The summed E-state index contributed by atoms with van der Waals surface area (Å²) in [4.78, 5) is 0. The highest BCUT2D eigenvalue weighted by atomic mass is 16.6. The first-order valence-corrected chi connectivity index (χ1v) is 4.66. The van der Waals surface area contributed by atoms with Crippen molar-refractivity contribution in [2.75, 3.05) is 6.61 Å². The number of aliphatic hydroxyl groups excluding tert-OH is 1. The van der Waals surface area contributed by atoms with Crippen molar-refractivity contribution in [3.05, 3.63) is 0 Å². The number of epoxide rings is 1. The molecule has 1 aliphatic heterocycles. The zero-order valence-electron chi connectivity index (χ0n) is 6.88. The monoisotopic (exact) mass is 156 g/mol. The molecule has 1 N–H and O–H groups in total. The van der Waals surface area contributed by atoms with E-state index in [0.717, 1.165) is 12.8 Å². The van der Waals surface area contributed by atoms with Crippen molar-refractivity contribution in [2.24, 2.45) is 0 Å². The van der Waals surface area contributed by atoms with Crippen LogP contribution in [0.5, 0.6) is 0 Å². The van der Waals surface area contributed by atoms with Crippen LogP contribution in [0.1, 0.15) is 38.5 Å². The van der Waals surface area contributed by atoms with E-state index < -0.39 is 0 Å². The maximum absolute atomic E-state index is 8.67. The summed E-state index contributed by atoms with van der Waals surface area (Å²) in [6.07, 6.45) is 7.70. The molecule has 2 atom stereocenters. The summed E-state index contributed by atoms with van der Waals surface area (Å²) >= 11 is 0. The molecule has 0 radical (unpaired) electrons. The molecule has 0 aromatic rings. The predicted octanol–water partition coefficient (Wildman–Crippen LogP) is 1.47. The van der Waals surface area contributed by atoms with Gasteiger partial charge in [0, 0.05) is 6.61 Å². The lowest BCUT2D eigenvalue weighted by Gasteiger charge is -2.15. The summed E-state index contributed by atoms with van der Waals surface area (Å²) in [5.41, 5.74) is 0.237. The fourth-order valence-corrected chi connectivity index (χ4v) is 2.27. The van der Waals surface area contributed by atoms with E-state index >= 15 is 0 Å². The van der Waals surface area contributed by atoms with Crippen molar-refractivity contribution >= 4 is 0 Å². The van der Waals surface area contributed by atoms with Crippen LogP contribution in [-0.4, -0.2) is 23.4 Å². The van der Waals surface area contributed by atoms with E-state index in [2.05, 4.69) is 0 Å². The molecule has 1 heterocycles. The molecular formula is C9H16O2. The zero-order valence-corrected chi connectivity index (χ0v) is 6.88. The molecule has 11 heavy (non-hydrogen) atoms. The van der Waals surface area contributed by atoms with Crippen LogP contribution in [0.15, 0.2) is 0 Å². The van der Waals surface area contributed by atoms with Gasteiger partial charge in [0.2, 0.25) is 0 Å². The third kappa shape index (κ3) is 1.30. The molecule has 2 heteroatoms. The quantitative estimate of drug-likeness (QED) is 0.628. The Bertz CT molecular complexity index is 146. The molecule has 1 saturated carbocycles. The molecule has 2 aliphatic rings. The molecular weight excluding hydrogens is 140 g/mol. The summed E-state index contributed by atoms with van der Waals surface area (Å²) < 4.78 is 5.66. The molecule has 0 aromatic heterocycles. The normalized spacial score (nSPS) is 41.7. The number of fused-ring (bicyclic) bond motifs is 1. The van der Waals surface area contributed by atoms with Crippen LogP contribution >= 0.6 is 0 Å². The molecule has 0 aromatic carbocycles. The van der Waals surface area contributed by atoms with Crippen LogP contribution in [0.4, 0.5) is 0 Å². The first kappa shape index (κ1) is 7.56. The van der Waals surface area contributed by atoms with Crippen molar-refractivity contribution < 1.29 is 9.84 Å². The second-order valence-electron chi connectivity index (χ2n) is 3.74. The standard InChI is InChI=1S/C9H16O2/c10-7-3-6-9-5-2-1-4-8(9)11-9/h8,10H,1-7H2. The van der Waals surface area contributed by atoms with Gasteiger partial charge in [-0.2, -0.15) is 0 Å². The maximum Gasteiger partial charge on any atom is 0.0949 e. The van der Waals surface area contributed by atoms with Crippen LogP contribution in [0.25, 0.3) is 0 Å². The molecule has 0 amide bonds. The number of rotatable bonds is 3. The summed E-state index contributed by atoms with van der Waals surface area (Å²) in [7, 11) is 0. The summed E-state index contributed by atoms with van der Waals surface area (Å²) in [6.45, 7) is 0.317. The number of hydrogen-bond donors (Lipinski definition) is 1. The average molecular weight is 156 g/mol. The van der Waals surface area contributed by atoms with Crippen LogP contribution in [0.2, 0.25) is 0 Å². The third-order valence-corrected chi connectivity index (χ3v) is 2.98. The second-order valence-corrected chi connectivity index (χ2v) is 3.74. The predicted molar refractivity (Wildman–Crippen MR) is 42.4 cm³/mol. The molecule has 0 spiro atoms. The van der Waals surface area contributed by atoms with E-state index in [1.807, 2.05) is 0 Å². The first-order valence-electron chi connectivity index (χ1n) is 4.66. The third-order valence-electron chi connectivity index (χ3n) is 2.98. The minimum atomic E-state index is 0.237. The molecule has 0 bridgehead atoms. The Hall–Kier alpha value is -0.0800. The van der Waals surface area contributed by atoms with Crippen molar-refractivity contribution in [2.45, 2.75) is 50.2 Å². The Morgan fingerprint density at radius 1 is 1.45 bits per heavy atom. The van der Waals surface area contributed by atoms with E-state index in [-0.39, 0.29) is 5.60 Å². The van der Waals surface area contributed by atoms with Gasteiger partial charge in [-0.25, -0.2) is 0 Å². The Morgan fingerprint density at radius 3 is 3.09 bits per heavy atom. The average Bonchev–Trinajstić information content (AvgIpc) is 2.75. The molecule has 2 nitrogen and oxygen atoms in total. The summed E-state index contributed by atoms with van der Waals surface area (Å²) in [6, 6.07) is 0. The summed E-state index contributed by atoms with van der Waals surface area (Å²) in [5.74, 6) is 0. The lowest BCUT2D eigenvalue weighted by atomic mass is 9.86. The Kier molecular flexibility index (Phi) is 1.90. The van der Waals surface area contributed by atoms with E-state index in [0.29, 0.717) is 12.7 Å². The van der Waals surface area contributed by atoms with E-state index in [1.165, 1.54) is 25.7 Å². The largest absolute Gasteiger partial charge is 0.396 e. The summed E-state index contributed by atoms with van der Waals surface area (Å²) in [5, 5.41) is 8.67. The van der Waals surface area contributed by atoms with Gasteiger partial charge in [0.05, 0.1) is 11.7 Å². The van der Waals surface area contributed by atoms with Gasteiger partial charge in [-0.05, 0) is 25.7 Å². The lowest BCUT2D eigenvalue weighted by Crippen LogP contribution is -2.19. The topological polar surface area (TPSA) is 32.8 Å². The minimum Gasteiger partial charge on any atom is -0.396 e. The fraction of sp³-hybridized carbons (Fsp3) is 1.00. The highest BCUT2D eigenvalue weighted by Crippen LogP contribution is 2.50. The Morgan fingerprint density at radius 2 is 2.36 bits per heavy atom. The highest BCUT2D eigenvalue weighted by Gasteiger charge is 2.55. The molecule has 2 fully saturated rings. The maximum atomic E-state index is 8.67. The highest BCUT2D eigenvalue weighted by molar-refractivity contribution is 5.04. The van der Waals surface area contributed by atoms with E-state index in [4.69, 9.17) is 9.84 Å². The molecule has 64 valence electrons. The Labute approximate surface area is 67.6 Å². The minimum absolute atomic E-state index is 0.237.